The summed E-state index contributed by atoms with van der Waals surface area (Å²) in [6.07, 6.45) is 5.09. The van der Waals surface area contributed by atoms with Crippen molar-refractivity contribution in [2.24, 2.45) is 11.8 Å². The molecule has 0 amide bonds. The molecule has 5 heteroatoms. The van der Waals surface area contributed by atoms with Gasteiger partial charge in [-0.05, 0) is 48.4 Å². The van der Waals surface area contributed by atoms with Crippen LogP contribution in [-0.4, -0.2) is 20.9 Å². The molecule has 2 aliphatic carbocycles. The number of aliphatic hydroxyl groups excluding tert-OH is 1. The number of rotatable bonds is 3. The Labute approximate surface area is 181 Å². The lowest BCUT2D eigenvalue weighted by atomic mass is 9.52. The van der Waals surface area contributed by atoms with Gasteiger partial charge in [0.2, 0.25) is 5.95 Å². The number of fused-ring (bicyclic) bond motifs is 3. The topological polar surface area (TPSA) is 75.1 Å². The van der Waals surface area contributed by atoms with E-state index in [4.69, 9.17) is 4.98 Å². The van der Waals surface area contributed by atoms with Gasteiger partial charge in [0, 0.05) is 28.8 Å². The summed E-state index contributed by atoms with van der Waals surface area (Å²) in [5, 5.41) is 13.2. The Hall–Kier alpha value is -3.47. The molecule has 0 bridgehead atoms. The van der Waals surface area contributed by atoms with Gasteiger partial charge in [0.15, 0.2) is 5.78 Å². The van der Waals surface area contributed by atoms with Gasteiger partial charge in [-0.15, -0.1) is 0 Å². The second kappa shape index (κ2) is 7.65. The standard InChI is InChI=1S/C26H25N3O2/c1-17-22-13-12-18-15-27-25(28-21-10-6-3-7-11-21)29-24(18)26(22,14-19(16-30)23(17)31)20-8-4-2-5-9-20/h2-11,15-17,22,30H,12-14H2,1H3,(H,27,28,29)/t17-,22-,26+/m0/s1. The third-order valence-corrected chi connectivity index (χ3v) is 6.92. The number of benzene rings is 2. The van der Waals surface area contributed by atoms with Crippen molar-refractivity contribution in [2.75, 3.05) is 5.32 Å². The van der Waals surface area contributed by atoms with Crippen LogP contribution in [-0.2, 0) is 16.6 Å². The average molecular weight is 412 g/mol. The molecule has 156 valence electrons. The molecule has 5 rings (SSSR count). The number of hydrogen-bond acceptors (Lipinski definition) is 5. The van der Waals surface area contributed by atoms with Crippen LogP contribution < -0.4 is 5.32 Å². The Bertz CT molecular complexity index is 1140. The molecule has 2 N–H and O–H groups in total. The Morgan fingerprint density at radius 1 is 1.10 bits per heavy atom. The molecule has 31 heavy (non-hydrogen) atoms. The number of carbonyl (C=O) groups is 1. The minimum atomic E-state index is -0.479. The van der Waals surface area contributed by atoms with Gasteiger partial charge in [-0.3, -0.25) is 4.79 Å². The SMILES string of the molecule is C[C@@H]1C(=O)C(=CO)C[C@]2(c3ccccc3)c3nc(Nc4ccccc4)ncc3CC[C@@H]12. The summed E-state index contributed by atoms with van der Waals surface area (Å²) < 4.78 is 0. The van der Waals surface area contributed by atoms with Crippen LogP contribution in [0.15, 0.2) is 78.7 Å². The van der Waals surface area contributed by atoms with Crippen LogP contribution in [0.4, 0.5) is 11.6 Å². The van der Waals surface area contributed by atoms with Crippen molar-refractivity contribution in [2.45, 2.75) is 31.6 Å². The number of nitrogens with one attached hydrogen (secondary N) is 1. The van der Waals surface area contributed by atoms with Gasteiger partial charge in [-0.2, -0.15) is 0 Å². The van der Waals surface area contributed by atoms with E-state index in [9.17, 15) is 9.90 Å². The first-order chi connectivity index (χ1) is 15.1. The fourth-order valence-electron chi connectivity index (χ4n) is 5.47. The maximum absolute atomic E-state index is 12.9. The lowest BCUT2D eigenvalue weighted by Gasteiger charge is -2.50. The number of hydrogen-bond donors (Lipinski definition) is 2. The molecule has 1 saturated carbocycles. The van der Waals surface area contributed by atoms with Gasteiger partial charge in [-0.1, -0.05) is 55.5 Å². The zero-order valence-electron chi connectivity index (χ0n) is 17.5. The minimum Gasteiger partial charge on any atom is -0.515 e. The number of carbonyl (C=O) groups excluding carboxylic acids is 1. The highest BCUT2D eigenvalue weighted by Gasteiger charge is 2.54. The average Bonchev–Trinajstić information content (AvgIpc) is 2.82. The maximum Gasteiger partial charge on any atom is 0.227 e. The molecule has 1 heterocycles. The molecule has 0 saturated heterocycles. The van der Waals surface area contributed by atoms with E-state index in [0.717, 1.165) is 41.6 Å². The molecular formula is C26H25N3O2. The third kappa shape index (κ3) is 3.12. The van der Waals surface area contributed by atoms with Crippen molar-refractivity contribution in [1.29, 1.82) is 0 Å². The van der Waals surface area contributed by atoms with Crippen LogP contribution in [0, 0.1) is 11.8 Å². The van der Waals surface area contributed by atoms with E-state index in [1.807, 2.05) is 61.7 Å². The van der Waals surface area contributed by atoms with Crippen LogP contribution >= 0.6 is 0 Å². The lowest BCUT2D eigenvalue weighted by Crippen LogP contribution is -2.51. The zero-order valence-corrected chi connectivity index (χ0v) is 17.5. The molecule has 0 spiro atoms. The number of ketones is 1. The molecule has 0 aliphatic heterocycles. The van der Waals surface area contributed by atoms with Crippen LogP contribution in [0.5, 0.6) is 0 Å². The molecule has 3 atom stereocenters. The smallest absolute Gasteiger partial charge is 0.227 e. The second-order valence-electron chi connectivity index (χ2n) is 8.53. The molecule has 1 fully saturated rings. The number of aromatic nitrogens is 2. The molecule has 2 aliphatic rings. The van der Waals surface area contributed by atoms with Crippen molar-refractivity contribution in [1.82, 2.24) is 9.97 Å². The highest BCUT2D eigenvalue weighted by atomic mass is 16.2. The molecule has 5 nitrogen and oxygen atoms in total. The van der Waals surface area contributed by atoms with Crippen molar-refractivity contribution in [3.8, 4) is 0 Å². The Balaban J connectivity index is 1.70. The van der Waals surface area contributed by atoms with Gasteiger partial charge in [0.05, 0.1) is 12.0 Å². The lowest BCUT2D eigenvalue weighted by molar-refractivity contribution is -0.123. The minimum absolute atomic E-state index is 0.0409. The number of allylic oxidation sites excluding steroid dienone is 1. The van der Waals surface area contributed by atoms with Crippen molar-refractivity contribution >= 4 is 17.4 Å². The molecule has 3 aromatic rings. The number of para-hydroxylation sites is 1. The van der Waals surface area contributed by atoms with Crippen LogP contribution in [0.1, 0.15) is 36.6 Å². The molecular weight excluding hydrogens is 386 g/mol. The highest BCUT2D eigenvalue weighted by Crippen LogP contribution is 2.55. The molecule has 0 radical (unpaired) electrons. The van der Waals surface area contributed by atoms with Gasteiger partial charge >= 0.3 is 0 Å². The molecule has 2 aromatic carbocycles. The first-order valence-electron chi connectivity index (χ1n) is 10.7. The van der Waals surface area contributed by atoms with Crippen LogP contribution in [0.25, 0.3) is 0 Å². The fourth-order valence-corrected chi connectivity index (χ4v) is 5.47. The number of aryl methyl sites for hydroxylation is 1. The first-order valence-corrected chi connectivity index (χ1v) is 10.7. The van der Waals surface area contributed by atoms with E-state index in [1.165, 1.54) is 0 Å². The van der Waals surface area contributed by atoms with E-state index >= 15 is 0 Å². The van der Waals surface area contributed by atoms with Gasteiger partial charge < -0.3 is 10.4 Å². The van der Waals surface area contributed by atoms with E-state index in [0.29, 0.717) is 17.9 Å². The normalized spacial score (nSPS) is 26.2. The Morgan fingerprint density at radius 3 is 2.52 bits per heavy atom. The summed E-state index contributed by atoms with van der Waals surface area (Å²) in [7, 11) is 0. The monoisotopic (exact) mass is 411 g/mol. The maximum atomic E-state index is 12.9. The molecule has 1 aromatic heterocycles. The van der Waals surface area contributed by atoms with E-state index < -0.39 is 5.41 Å². The van der Waals surface area contributed by atoms with Crippen molar-refractivity contribution in [3.05, 3.63) is 95.5 Å². The Morgan fingerprint density at radius 2 is 1.81 bits per heavy atom. The quantitative estimate of drug-likeness (QED) is 0.462. The van der Waals surface area contributed by atoms with Gasteiger partial charge in [-0.25, -0.2) is 9.97 Å². The number of anilines is 2. The largest absolute Gasteiger partial charge is 0.515 e. The zero-order chi connectivity index (χ0) is 21.4. The van der Waals surface area contributed by atoms with Crippen LogP contribution in [0.2, 0.25) is 0 Å². The van der Waals surface area contributed by atoms with E-state index in [2.05, 4.69) is 22.4 Å². The predicted molar refractivity (Wildman–Crippen MR) is 120 cm³/mol. The highest BCUT2D eigenvalue weighted by molar-refractivity contribution is 5.98. The summed E-state index contributed by atoms with van der Waals surface area (Å²) >= 11 is 0. The first kappa shape index (κ1) is 19.5. The Kier molecular flexibility index (Phi) is 4.81. The summed E-state index contributed by atoms with van der Waals surface area (Å²) in [5.41, 5.74) is 4.11. The third-order valence-electron chi connectivity index (χ3n) is 6.92. The van der Waals surface area contributed by atoms with Crippen molar-refractivity contribution in [3.63, 3.8) is 0 Å². The fraction of sp³-hybridized carbons (Fsp3) is 0.269. The summed E-state index contributed by atoms with van der Waals surface area (Å²) in [4.78, 5) is 22.5. The summed E-state index contributed by atoms with van der Waals surface area (Å²) in [5.74, 6) is 0.498. The van der Waals surface area contributed by atoms with Gasteiger partial charge in [0.1, 0.15) is 0 Å². The van der Waals surface area contributed by atoms with Crippen molar-refractivity contribution < 1.29 is 9.90 Å². The summed E-state index contributed by atoms with van der Waals surface area (Å²) in [6, 6.07) is 20.2. The number of aliphatic hydroxyl groups is 1. The number of Topliss-reactive ketones (excluding diaryl/α,β-unsaturated/α-hetero) is 1. The van der Waals surface area contributed by atoms with E-state index in [-0.39, 0.29) is 17.6 Å². The van der Waals surface area contributed by atoms with Crippen LogP contribution in [0.3, 0.4) is 0 Å². The van der Waals surface area contributed by atoms with E-state index in [1.54, 1.807) is 0 Å². The van der Waals surface area contributed by atoms with Gasteiger partial charge in [0.25, 0.3) is 0 Å². The molecule has 0 unspecified atom stereocenters. The number of nitrogens with zero attached hydrogens (tertiary/aromatic N) is 2. The predicted octanol–water partition coefficient (Wildman–Crippen LogP) is 5.12. The summed E-state index contributed by atoms with van der Waals surface area (Å²) in [6.45, 7) is 1.99. The second-order valence-corrected chi connectivity index (χ2v) is 8.53.